The highest BCUT2D eigenvalue weighted by atomic mass is 16.6. The first-order chi connectivity index (χ1) is 10.6. The van der Waals surface area contributed by atoms with E-state index in [9.17, 15) is 14.9 Å². The number of nitrogens with one attached hydrogen (secondary N) is 2. The molecule has 0 aliphatic rings. The highest BCUT2D eigenvalue weighted by Gasteiger charge is 2.11. The number of carbonyl (C=O) groups is 1. The second-order valence-corrected chi connectivity index (χ2v) is 4.22. The Hall–Kier alpha value is -3.47. The number of hydrogen-bond donors (Lipinski definition) is 2. The number of aromatic nitrogens is 1. The number of pyridine rings is 1. The molecular weight excluding hydrogens is 286 g/mol. The summed E-state index contributed by atoms with van der Waals surface area (Å²) in [4.78, 5) is 25.8. The van der Waals surface area contributed by atoms with Gasteiger partial charge in [0, 0.05) is 18.3 Å². The molecule has 1 heterocycles. The summed E-state index contributed by atoms with van der Waals surface area (Å²) >= 11 is 0. The van der Waals surface area contributed by atoms with Gasteiger partial charge in [0.1, 0.15) is 11.9 Å². The number of rotatable bonds is 5. The van der Waals surface area contributed by atoms with E-state index >= 15 is 0 Å². The van der Waals surface area contributed by atoms with E-state index < -0.39 is 4.92 Å². The monoisotopic (exact) mass is 297 g/mol. The summed E-state index contributed by atoms with van der Waals surface area (Å²) in [5.74, 6) is 0.0689. The molecule has 2 rings (SSSR count). The van der Waals surface area contributed by atoms with E-state index in [1.165, 1.54) is 12.1 Å². The molecule has 2 N–H and O–H groups in total. The van der Waals surface area contributed by atoms with Gasteiger partial charge in [-0.15, -0.1) is 0 Å². The van der Waals surface area contributed by atoms with E-state index in [0.717, 1.165) is 6.07 Å². The van der Waals surface area contributed by atoms with Gasteiger partial charge in [-0.3, -0.25) is 14.9 Å². The zero-order valence-electron chi connectivity index (χ0n) is 11.3. The minimum Gasteiger partial charge on any atom is -0.375 e. The van der Waals surface area contributed by atoms with Crippen molar-refractivity contribution in [3.8, 4) is 6.07 Å². The van der Waals surface area contributed by atoms with Gasteiger partial charge in [0.15, 0.2) is 0 Å². The molecule has 2 aromatic rings. The van der Waals surface area contributed by atoms with Crippen molar-refractivity contribution < 1.29 is 9.72 Å². The van der Waals surface area contributed by atoms with Crippen LogP contribution >= 0.6 is 0 Å². The number of nitriles is 1. The molecule has 8 heteroatoms. The predicted molar refractivity (Wildman–Crippen MR) is 79.2 cm³/mol. The van der Waals surface area contributed by atoms with Crippen molar-refractivity contribution in [2.24, 2.45) is 0 Å². The van der Waals surface area contributed by atoms with Crippen LogP contribution in [0.25, 0.3) is 0 Å². The molecule has 0 spiro atoms. The Morgan fingerprint density at radius 1 is 1.36 bits per heavy atom. The lowest BCUT2D eigenvalue weighted by Crippen LogP contribution is -2.22. The van der Waals surface area contributed by atoms with Crippen LogP contribution in [0.3, 0.4) is 0 Å². The highest BCUT2D eigenvalue weighted by Crippen LogP contribution is 2.21. The Bertz CT molecular complexity index is 740. The fourth-order valence-corrected chi connectivity index (χ4v) is 1.69. The van der Waals surface area contributed by atoms with Crippen LogP contribution in [0, 0.1) is 21.4 Å². The van der Waals surface area contributed by atoms with Crippen molar-refractivity contribution in [2.75, 3.05) is 17.2 Å². The molecule has 110 valence electrons. The van der Waals surface area contributed by atoms with Gasteiger partial charge < -0.3 is 10.6 Å². The molecule has 0 saturated heterocycles. The first-order valence-electron chi connectivity index (χ1n) is 6.23. The van der Waals surface area contributed by atoms with Crippen molar-refractivity contribution in [1.29, 1.82) is 5.26 Å². The summed E-state index contributed by atoms with van der Waals surface area (Å²) in [6, 6.07) is 10.8. The molecule has 1 aromatic heterocycles. The van der Waals surface area contributed by atoms with Crippen LogP contribution in [0.2, 0.25) is 0 Å². The number of amides is 1. The Kier molecular flexibility index (Phi) is 4.62. The van der Waals surface area contributed by atoms with Gasteiger partial charge >= 0.3 is 0 Å². The fraction of sp³-hybridized carbons (Fsp3) is 0.0714. The average molecular weight is 297 g/mol. The molecule has 0 fully saturated rings. The number of nitrogens with zero attached hydrogens (tertiary/aromatic N) is 3. The first-order valence-corrected chi connectivity index (χ1v) is 6.23. The number of hydrogen-bond acceptors (Lipinski definition) is 6. The molecule has 22 heavy (non-hydrogen) atoms. The van der Waals surface area contributed by atoms with Crippen LogP contribution in [0.15, 0.2) is 42.6 Å². The molecule has 0 aliphatic carbocycles. The van der Waals surface area contributed by atoms with Gasteiger partial charge in [-0.25, -0.2) is 4.98 Å². The van der Waals surface area contributed by atoms with Crippen LogP contribution in [0.4, 0.5) is 17.2 Å². The highest BCUT2D eigenvalue weighted by molar-refractivity contribution is 5.93. The normalized spacial score (nSPS) is 9.59. The molecule has 0 unspecified atom stereocenters. The lowest BCUT2D eigenvalue weighted by molar-refractivity contribution is -0.384. The van der Waals surface area contributed by atoms with Crippen LogP contribution in [0.1, 0.15) is 5.56 Å². The zero-order valence-corrected chi connectivity index (χ0v) is 11.3. The van der Waals surface area contributed by atoms with Gasteiger partial charge in [0.05, 0.1) is 22.7 Å². The summed E-state index contributed by atoms with van der Waals surface area (Å²) in [6.07, 6.45) is 1.55. The molecular formula is C14H11N5O3. The summed E-state index contributed by atoms with van der Waals surface area (Å²) in [6.45, 7) is -0.0942. The van der Waals surface area contributed by atoms with E-state index in [1.54, 1.807) is 24.4 Å². The number of nitro benzene ring substituents is 1. The van der Waals surface area contributed by atoms with Crippen LogP contribution in [0.5, 0.6) is 0 Å². The molecule has 1 amide bonds. The number of anilines is 2. The Labute approximate surface area is 125 Å². The molecule has 0 saturated carbocycles. The fourth-order valence-electron chi connectivity index (χ4n) is 1.69. The molecule has 1 aromatic carbocycles. The van der Waals surface area contributed by atoms with E-state index in [-0.39, 0.29) is 23.7 Å². The van der Waals surface area contributed by atoms with E-state index in [2.05, 4.69) is 15.6 Å². The minimum absolute atomic E-state index is 0.0942. The quantitative estimate of drug-likeness (QED) is 0.642. The summed E-state index contributed by atoms with van der Waals surface area (Å²) in [5, 5.41) is 25.0. The van der Waals surface area contributed by atoms with Crippen molar-refractivity contribution >= 4 is 23.1 Å². The largest absolute Gasteiger partial charge is 0.375 e. The van der Waals surface area contributed by atoms with Crippen molar-refractivity contribution in [3.63, 3.8) is 0 Å². The van der Waals surface area contributed by atoms with Gasteiger partial charge in [-0.2, -0.15) is 5.26 Å². The van der Waals surface area contributed by atoms with Crippen molar-refractivity contribution in [3.05, 3.63) is 58.3 Å². The molecule has 0 bridgehead atoms. The lowest BCUT2D eigenvalue weighted by Gasteiger charge is -2.08. The zero-order chi connectivity index (χ0) is 15.9. The summed E-state index contributed by atoms with van der Waals surface area (Å²) in [7, 11) is 0. The van der Waals surface area contributed by atoms with E-state index in [0.29, 0.717) is 11.5 Å². The summed E-state index contributed by atoms with van der Waals surface area (Å²) in [5.41, 5.74) is 0.268. The predicted octanol–water partition coefficient (Wildman–Crippen LogP) is 1.91. The maximum Gasteiger partial charge on any atom is 0.270 e. The molecule has 0 atom stereocenters. The smallest absolute Gasteiger partial charge is 0.270 e. The third kappa shape index (κ3) is 3.77. The third-order valence-corrected chi connectivity index (χ3v) is 2.71. The van der Waals surface area contributed by atoms with Crippen LogP contribution in [-0.4, -0.2) is 22.4 Å². The van der Waals surface area contributed by atoms with Crippen LogP contribution < -0.4 is 10.6 Å². The lowest BCUT2D eigenvalue weighted by atomic mass is 10.1. The molecule has 8 nitrogen and oxygen atoms in total. The standard InChI is InChI=1S/C14H11N5O3/c15-8-10-7-11(19(21)22)4-5-12(10)17-9-14(20)18-13-3-1-2-6-16-13/h1-7,17H,9H2,(H,16,18,20). The SMILES string of the molecule is N#Cc1cc([N+](=O)[O-])ccc1NCC(=O)Nc1ccccn1. The summed E-state index contributed by atoms with van der Waals surface area (Å²) < 4.78 is 0. The van der Waals surface area contributed by atoms with Gasteiger partial charge in [-0.05, 0) is 18.2 Å². The van der Waals surface area contributed by atoms with Gasteiger partial charge in [0.25, 0.3) is 5.69 Å². The first kappa shape index (κ1) is 14.9. The maximum atomic E-state index is 11.8. The number of benzene rings is 1. The number of nitro groups is 1. The Morgan fingerprint density at radius 2 is 2.18 bits per heavy atom. The Morgan fingerprint density at radius 3 is 2.82 bits per heavy atom. The topological polar surface area (TPSA) is 121 Å². The second kappa shape index (κ2) is 6.81. The van der Waals surface area contributed by atoms with Crippen molar-refractivity contribution in [1.82, 2.24) is 4.98 Å². The third-order valence-electron chi connectivity index (χ3n) is 2.71. The maximum absolute atomic E-state index is 11.8. The second-order valence-electron chi connectivity index (χ2n) is 4.22. The Balaban J connectivity index is 2.01. The molecule has 0 radical (unpaired) electrons. The van der Waals surface area contributed by atoms with E-state index in [4.69, 9.17) is 5.26 Å². The minimum atomic E-state index is -0.585. The van der Waals surface area contributed by atoms with Crippen LogP contribution in [-0.2, 0) is 4.79 Å². The van der Waals surface area contributed by atoms with Crippen molar-refractivity contribution in [2.45, 2.75) is 0 Å². The van der Waals surface area contributed by atoms with E-state index in [1.807, 2.05) is 6.07 Å². The number of non-ortho nitro benzene ring substituents is 1. The van der Waals surface area contributed by atoms with Gasteiger partial charge in [-0.1, -0.05) is 6.07 Å². The average Bonchev–Trinajstić information content (AvgIpc) is 2.53. The molecule has 0 aliphatic heterocycles. The number of carbonyl (C=O) groups excluding carboxylic acids is 1. The van der Waals surface area contributed by atoms with Gasteiger partial charge in [0.2, 0.25) is 5.91 Å².